The first kappa shape index (κ1) is 10.5. The highest BCUT2D eigenvalue weighted by Gasteiger charge is 2.30. The van der Waals surface area contributed by atoms with E-state index in [4.69, 9.17) is 5.26 Å². The Morgan fingerprint density at radius 3 is 2.23 bits per heavy atom. The van der Waals surface area contributed by atoms with Gasteiger partial charge in [0.25, 0.3) is 0 Å². The van der Waals surface area contributed by atoms with E-state index in [2.05, 4.69) is 37.1 Å². The summed E-state index contributed by atoms with van der Waals surface area (Å²) < 4.78 is 0. The molecule has 0 aliphatic carbocycles. The standard InChI is InChI=1S/C10H19N3/c1-10(2,3)9(8-11)13-6-4-12-5-7-13/h9,12H,4-7H2,1-3H3. The van der Waals surface area contributed by atoms with Crippen LogP contribution in [0.2, 0.25) is 0 Å². The second-order valence-electron chi connectivity index (χ2n) is 4.68. The molecule has 0 saturated carbocycles. The summed E-state index contributed by atoms with van der Waals surface area (Å²) in [6.07, 6.45) is 0. The highest BCUT2D eigenvalue weighted by molar-refractivity contribution is 5.00. The molecular weight excluding hydrogens is 162 g/mol. The largest absolute Gasteiger partial charge is 0.314 e. The van der Waals surface area contributed by atoms with Crippen molar-refractivity contribution >= 4 is 0 Å². The maximum atomic E-state index is 9.10. The molecule has 1 aliphatic heterocycles. The van der Waals surface area contributed by atoms with E-state index < -0.39 is 0 Å². The van der Waals surface area contributed by atoms with Crippen LogP contribution >= 0.6 is 0 Å². The van der Waals surface area contributed by atoms with Crippen molar-refractivity contribution in [2.24, 2.45) is 5.41 Å². The van der Waals surface area contributed by atoms with E-state index in [1.54, 1.807) is 0 Å². The fourth-order valence-electron chi connectivity index (χ4n) is 1.76. The maximum Gasteiger partial charge on any atom is 0.103 e. The fraction of sp³-hybridized carbons (Fsp3) is 0.900. The van der Waals surface area contributed by atoms with E-state index in [1.165, 1.54) is 0 Å². The summed E-state index contributed by atoms with van der Waals surface area (Å²) >= 11 is 0. The number of rotatable bonds is 1. The molecule has 3 heteroatoms. The van der Waals surface area contributed by atoms with Gasteiger partial charge in [0.05, 0.1) is 6.07 Å². The van der Waals surface area contributed by atoms with Crippen LogP contribution in [0.1, 0.15) is 20.8 Å². The smallest absolute Gasteiger partial charge is 0.103 e. The Hall–Kier alpha value is -0.590. The SMILES string of the molecule is CC(C)(C)C(C#N)N1CCNCC1. The average molecular weight is 181 g/mol. The predicted octanol–water partition coefficient (Wildman–Crippen LogP) is 0.830. The van der Waals surface area contributed by atoms with Crippen LogP contribution in [-0.2, 0) is 0 Å². The Balaban J connectivity index is 2.61. The lowest BCUT2D eigenvalue weighted by atomic mass is 9.86. The first-order chi connectivity index (χ1) is 6.05. The van der Waals surface area contributed by atoms with Crippen LogP contribution < -0.4 is 5.32 Å². The van der Waals surface area contributed by atoms with Crippen LogP contribution in [-0.4, -0.2) is 37.1 Å². The van der Waals surface area contributed by atoms with E-state index >= 15 is 0 Å². The number of nitriles is 1. The van der Waals surface area contributed by atoms with Crippen LogP contribution in [0.3, 0.4) is 0 Å². The van der Waals surface area contributed by atoms with Gasteiger partial charge in [-0.05, 0) is 5.41 Å². The zero-order valence-corrected chi connectivity index (χ0v) is 8.80. The Morgan fingerprint density at radius 2 is 1.85 bits per heavy atom. The third-order valence-electron chi connectivity index (χ3n) is 2.46. The van der Waals surface area contributed by atoms with Gasteiger partial charge in [0.1, 0.15) is 6.04 Å². The number of nitrogens with one attached hydrogen (secondary N) is 1. The van der Waals surface area contributed by atoms with Crippen molar-refractivity contribution in [2.45, 2.75) is 26.8 Å². The minimum absolute atomic E-state index is 0.0506. The molecule has 13 heavy (non-hydrogen) atoms. The van der Waals surface area contributed by atoms with Gasteiger partial charge >= 0.3 is 0 Å². The number of hydrogen-bond acceptors (Lipinski definition) is 3. The molecule has 3 nitrogen and oxygen atoms in total. The van der Waals surface area contributed by atoms with Gasteiger partial charge in [0, 0.05) is 26.2 Å². The summed E-state index contributed by atoms with van der Waals surface area (Å²) in [7, 11) is 0. The summed E-state index contributed by atoms with van der Waals surface area (Å²) in [6.45, 7) is 10.4. The number of hydrogen-bond donors (Lipinski definition) is 1. The molecule has 1 fully saturated rings. The number of piperazine rings is 1. The lowest BCUT2D eigenvalue weighted by molar-refractivity contribution is 0.125. The quantitative estimate of drug-likeness (QED) is 0.651. The van der Waals surface area contributed by atoms with Crippen molar-refractivity contribution in [1.29, 1.82) is 5.26 Å². The second kappa shape index (κ2) is 4.08. The molecule has 0 aromatic heterocycles. The number of nitrogens with zero attached hydrogens (tertiary/aromatic N) is 2. The molecule has 0 bridgehead atoms. The average Bonchev–Trinajstić information content (AvgIpc) is 2.05. The van der Waals surface area contributed by atoms with Crippen molar-refractivity contribution in [3.63, 3.8) is 0 Å². The van der Waals surface area contributed by atoms with Crippen LogP contribution in [0.5, 0.6) is 0 Å². The molecule has 0 spiro atoms. The maximum absolute atomic E-state index is 9.10. The Morgan fingerprint density at radius 1 is 1.31 bits per heavy atom. The Bertz CT molecular complexity index is 193. The van der Waals surface area contributed by atoms with Gasteiger partial charge in [0.15, 0.2) is 0 Å². The van der Waals surface area contributed by atoms with E-state index in [9.17, 15) is 0 Å². The molecule has 1 heterocycles. The van der Waals surface area contributed by atoms with Gasteiger partial charge in [-0.15, -0.1) is 0 Å². The molecule has 0 aromatic rings. The lowest BCUT2D eigenvalue weighted by Crippen LogP contribution is -2.52. The van der Waals surface area contributed by atoms with Gasteiger partial charge in [-0.25, -0.2) is 0 Å². The molecule has 1 saturated heterocycles. The van der Waals surface area contributed by atoms with Crippen LogP contribution in [0.15, 0.2) is 0 Å². The summed E-state index contributed by atoms with van der Waals surface area (Å²) in [5.74, 6) is 0. The van der Waals surface area contributed by atoms with E-state index in [0.29, 0.717) is 0 Å². The Labute approximate surface area is 80.7 Å². The molecular formula is C10H19N3. The highest BCUT2D eigenvalue weighted by atomic mass is 15.2. The predicted molar refractivity (Wildman–Crippen MR) is 53.3 cm³/mol. The van der Waals surface area contributed by atoms with Crippen LogP contribution in [0.4, 0.5) is 0 Å². The summed E-state index contributed by atoms with van der Waals surface area (Å²) in [5, 5.41) is 12.4. The molecule has 74 valence electrons. The van der Waals surface area contributed by atoms with Crippen LogP contribution in [0, 0.1) is 16.7 Å². The molecule has 1 rings (SSSR count). The summed E-state index contributed by atoms with van der Waals surface area (Å²) in [4.78, 5) is 2.27. The second-order valence-corrected chi connectivity index (χ2v) is 4.68. The van der Waals surface area contributed by atoms with E-state index in [-0.39, 0.29) is 11.5 Å². The fourth-order valence-corrected chi connectivity index (χ4v) is 1.76. The summed E-state index contributed by atoms with van der Waals surface area (Å²) in [6, 6.07) is 2.46. The molecule has 0 amide bonds. The minimum Gasteiger partial charge on any atom is -0.314 e. The van der Waals surface area contributed by atoms with Crippen molar-refractivity contribution in [1.82, 2.24) is 10.2 Å². The third kappa shape index (κ3) is 2.68. The molecule has 1 N–H and O–H groups in total. The first-order valence-electron chi connectivity index (χ1n) is 4.90. The van der Waals surface area contributed by atoms with Crippen molar-refractivity contribution in [3.05, 3.63) is 0 Å². The molecule has 0 aromatic carbocycles. The van der Waals surface area contributed by atoms with E-state index in [0.717, 1.165) is 26.2 Å². The van der Waals surface area contributed by atoms with Crippen molar-refractivity contribution < 1.29 is 0 Å². The van der Waals surface area contributed by atoms with Crippen molar-refractivity contribution in [2.75, 3.05) is 26.2 Å². The normalized spacial score (nSPS) is 22.3. The van der Waals surface area contributed by atoms with E-state index in [1.807, 2.05) is 0 Å². The van der Waals surface area contributed by atoms with Gasteiger partial charge in [-0.3, -0.25) is 4.90 Å². The molecule has 1 aliphatic rings. The molecule has 0 radical (unpaired) electrons. The third-order valence-corrected chi connectivity index (χ3v) is 2.46. The zero-order chi connectivity index (χ0) is 9.90. The summed E-state index contributed by atoms with van der Waals surface area (Å²) in [5.41, 5.74) is 0.0616. The van der Waals surface area contributed by atoms with Gasteiger partial charge in [-0.2, -0.15) is 5.26 Å². The molecule has 1 atom stereocenters. The van der Waals surface area contributed by atoms with Gasteiger partial charge < -0.3 is 5.32 Å². The highest BCUT2D eigenvalue weighted by Crippen LogP contribution is 2.23. The van der Waals surface area contributed by atoms with Crippen molar-refractivity contribution in [3.8, 4) is 6.07 Å². The van der Waals surface area contributed by atoms with Gasteiger partial charge in [-0.1, -0.05) is 20.8 Å². The van der Waals surface area contributed by atoms with Crippen LogP contribution in [0.25, 0.3) is 0 Å². The minimum atomic E-state index is 0.0506. The monoisotopic (exact) mass is 181 g/mol. The van der Waals surface area contributed by atoms with Gasteiger partial charge in [0.2, 0.25) is 0 Å². The molecule has 1 unspecified atom stereocenters. The Kier molecular flexibility index (Phi) is 3.29. The first-order valence-corrected chi connectivity index (χ1v) is 4.90. The topological polar surface area (TPSA) is 39.1 Å². The lowest BCUT2D eigenvalue weighted by Gasteiger charge is -2.37. The zero-order valence-electron chi connectivity index (χ0n) is 8.80.